The van der Waals surface area contributed by atoms with Gasteiger partial charge in [-0.25, -0.2) is 14.1 Å². The Hall–Kier alpha value is -2.25. The number of thiophene rings is 1. The second-order valence-electron chi connectivity index (χ2n) is 4.61. The van der Waals surface area contributed by atoms with Crippen LogP contribution in [0.3, 0.4) is 0 Å². The summed E-state index contributed by atoms with van der Waals surface area (Å²) in [6.45, 7) is 0. The number of halogens is 2. The van der Waals surface area contributed by atoms with Crippen molar-refractivity contribution in [3.05, 3.63) is 50.9 Å². The Kier molecular flexibility index (Phi) is 3.46. The molecule has 8 heteroatoms. The Bertz CT molecular complexity index is 807. The molecule has 2 aromatic rings. The van der Waals surface area contributed by atoms with Gasteiger partial charge in [0.2, 0.25) is 0 Å². The van der Waals surface area contributed by atoms with Crippen molar-refractivity contribution in [3.63, 3.8) is 0 Å². The van der Waals surface area contributed by atoms with E-state index in [4.69, 9.17) is 17.3 Å². The first kappa shape index (κ1) is 14.7. The van der Waals surface area contributed by atoms with Gasteiger partial charge < -0.3 is 5.73 Å². The normalized spacial score (nSPS) is 16.7. The standard InChI is InChI=1S/C14H8ClFN2O3S/c15-7-5-9-6(4-8(7)16)11(13(20)18(9)14(17)21)12(19)10-2-1-3-22-10/h1-5,11H,(H2,17,21). The molecule has 5 nitrogen and oxygen atoms in total. The van der Waals surface area contributed by atoms with Crippen molar-refractivity contribution in [2.75, 3.05) is 4.90 Å². The summed E-state index contributed by atoms with van der Waals surface area (Å²) in [7, 11) is 0. The Balaban J connectivity index is 2.18. The van der Waals surface area contributed by atoms with Crippen LogP contribution in [0.2, 0.25) is 5.02 Å². The fourth-order valence-corrected chi connectivity index (χ4v) is 3.25. The summed E-state index contributed by atoms with van der Waals surface area (Å²) in [4.78, 5) is 37.4. The number of nitrogens with two attached hydrogens (primary N) is 1. The van der Waals surface area contributed by atoms with Crippen LogP contribution >= 0.6 is 22.9 Å². The van der Waals surface area contributed by atoms with E-state index in [0.29, 0.717) is 9.78 Å². The van der Waals surface area contributed by atoms with E-state index in [2.05, 4.69) is 0 Å². The molecule has 0 spiro atoms. The molecule has 2 N–H and O–H groups in total. The molecule has 3 amide bonds. The molecule has 22 heavy (non-hydrogen) atoms. The number of urea groups is 1. The highest BCUT2D eigenvalue weighted by Crippen LogP contribution is 2.41. The number of rotatable bonds is 2. The lowest BCUT2D eigenvalue weighted by molar-refractivity contribution is -0.117. The lowest BCUT2D eigenvalue weighted by Gasteiger charge is -2.12. The van der Waals surface area contributed by atoms with Gasteiger partial charge in [-0.05, 0) is 29.1 Å². The first-order valence-corrected chi connectivity index (χ1v) is 7.37. The van der Waals surface area contributed by atoms with E-state index in [1.54, 1.807) is 17.5 Å². The minimum absolute atomic E-state index is 0.0406. The molecule has 1 atom stereocenters. The molecule has 3 rings (SSSR count). The van der Waals surface area contributed by atoms with E-state index in [9.17, 15) is 18.8 Å². The van der Waals surface area contributed by atoms with E-state index < -0.39 is 29.5 Å². The molecule has 0 radical (unpaired) electrons. The Morgan fingerprint density at radius 2 is 2.09 bits per heavy atom. The molecular formula is C14H8ClFN2O3S. The average Bonchev–Trinajstić information content (AvgIpc) is 3.05. The highest BCUT2D eigenvalue weighted by molar-refractivity contribution is 7.12. The highest BCUT2D eigenvalue weighted by atomic mass is 35.5. The number of imide groups is 1. The van der Waals surface area contributed by atoms with Gasteiger partial charge in [-0.15, -0.1) is 11.3 Å². The molecule has 0 bridgehead atoms. The van der Waals surface area contributed by atoms with Crippen LogP contribution < -0.4 is 10.6 Å². The number of primary amides is 1. The third-order valence-corrected chi connectivity index (χ3v) is 4.51. The predicted octanol–water partition coefficient (Wildman–Crippen LogP) is 2.93. The number of hydrogen-bond donors (Lipinski definition) is 1. The lowest BCUT2D eigenvalue weighted by atomic mass is 9.95. The van der Waals surface area contributed by atoms with E-state index >= 15 is 0 Å². The fraction of sp³-hybridized carbons (Fsp3) is 0.0714. The summed E-state index contributed by atoms with van der Waals surface area (Å²) >= 11 is 6.84. The summed E-state index contributed by atoms with van der Waals surface area (Å²) in [5.41, 5.74) is 5.32. The van der Waals surface area contributed by atoms with Crippen molar-refractivity contribution in [2.45, 2.75) is 5.92 Å². The fourth-order valence-electron chi connectivity index (χ4n) is 2.40. The van der Waals surface area contributed by atoms with Crippen molar-refractivity contribution in [1.82, 2.24) is 0 Å². The van der Waals surface area contributed by atoms with Crippen molar-refractivity contribution in [1.29, 1.82) is 0 Å². The highest BCUT2D eigenvalue weighted by Gasteiger charge is 2.45. The van der Waals surface area contributed by atoms with Crippen LogP contribution in [0.5, 0.6) is 0 Å². The smallest absolute Gasteiger partial charge is 0.326 e. The summed E-state index contributed by atoms with van der Waals surface area (Å²) in [6, 6.07) is 4.28. The number of amides is 3. The molecule has 1 aromatic heterocycles. The number of nitrogens with zero attached hydrogens (tertiary/aromatic N) is 1. The second kappa shape index (κ2) is 5.19. The zero-order valence-corrected chi connectivity index (χ0v) is 12.5. The predicted molar refractivity (Wildman–Crippen MR) is 79.9 cm³/mol. The Labute approximate surface area is 133 Å². The number of anilines is 1. The van der Waals surface area contributed by atoms with Gasteiger partial charge in [0.05, 0.1) is 15.6 Å². The average molecular weight is 339 g/mol. The number of carbonyl (C=O) groups excluding carboxylic acids is 3. The molecule has 112 valence electrons. The minimum atomic E-state index is -1.30. The summed E-state index contributed by atoms with van der Waals surface area (Å²) < 4.78 is 13.7. The molecule has 0 saturated heterocycles. The molecule has 1 aromatic carbocycles. The number of Topliss-reactive ketones (excluding diaryl/α,β-unsaturated/α-hetero) is 1. The third-order valence-electron chi connectivity index (χ3n) is 3.34. The van der Waals surface area contributed by atoms with Crippen molar-refractivity contribution in [3.8, 4) is 0 Å². The van der Waals surface area contributed by atoms with Gasteiger partial charge in [0.1, 0.15) is 11.7 Å². The first-order valence-electron chi connectivity index (χ1n) is 6.12. The zero-order valence-electron chi connectivity index (χ0n) is 10.9. The Morgan fingerprint density at radius 1 is 1.36 bits per heavy atom. The number of ketones is 1. The molecule has 1 aliphatic rings. The molecule has 0 fully saturated rings. The van der Waals surface area contributed by atoms with Crippen LogP contribution in [0, 0.1) is 5.82 Å². The minimum Gasteiger partial charge on any atom is -0.351 e. The monoisotopic (exact) mass is 338 g/mol. The first-order chi connectivity index (χ1) is 10.4. The van der Waals surface area contributed by atoms with Gasteiger partial charge in [-0.3, -0.25) is 9.59 Å². The van der Waals surface area contributed by atoms with Crippen LogP contribution in [0.1, 0.15) is 21.2 Å². The Morgan fingerprint density at radius 3 is 2.68 bits per heavy atom. The third kappa shape index (κ3) is 2.10. The van der Waals surface area contributed by atoms with Crippen molar-refractivity contribution >= 4 is 46.3 Å². The van der Waals surface area contributed by atoms with Gasteiger partial charge >= 0.3 is 6.03 Å². The number of hydrogen-bond acceptors (Lipinski definition) is 4. The van der Waals surface area contributed by atoms with Crippen LogP contribution in [0.15, 0.2) is 29.6 Å². The molecule has 0 aliphatic carbocycles. The summed E-state index contributed by atoms with van der Waals surface area (Å²) in [5.74, 6) is -3.38. The maximum atomic E-state index is 13.7. The topological polar surface area (TPSA) is 80.5 Å². The van der Waals surface area contributed by atoms with Gasteiger partial charge in [-0.1, -0.05) is 17.7 Å². The second-order valence-corrected chi connectivity index (χ2v) is 5.97. The maximum Gasteiger partial charge on any atom is 0.326 e. The number of carbonyl (C=O) groups is 3. The largest absolute Gasteiger partial charge is 0.351 e. The molecule has 0 saturated carbocycles. The van der Waals surface area contributed by atoms with E-state index in [0.717, 1.165) is 23.5 Å². The van der Waals surface area contributed by atoms with E-state index in [1.165, 1.54) is 0 Å². The molecular weight excluding hydrogens is 331 g/mol. The zero-order chi connectivity index (χ0) is 16.0. The van der Waals surface area contributed by atoms with Gasteiger partial charge in [0, 0.05) is 0 Å². The van der Waals surface area contributed by atoms with Crippen molar-refractivity contribution < 1.29 is 18.8 Å². The van der Waals surface area contributed by atoms with E-state index in [1.807, 2.05) is 0 Å². The summed E-state index contributed by atoms with van der Waals surface area (Å²) in [5, 5.41) is 1.42. The SMILES string of the molecule is NC(=O)N1C(=O)C(C(=O)c2cccs2)c2cc(F)c(Cl)cc21. The van der Waals surface area contributed by atoms with Gasteiger partial charge in [-0.2, -0.15) is 0 Å². The van der Waals surface area contributed by atoms with Gasteiger partial charge in [0.25, 0.3) is 5.91 Å². The van der Waals surface area contributed by atoms with Crippen molar-refractivity contribution in [2.24, 2.45) is 5.73 Å². The van der Waals surface area contributed by atoms with Gasteiger partial charge in [0.15, 0.2) is 5.78 Å². The maximum absolute atomic E-state index is 13.7. The molecule has 1 aliphatic heterocycles. The van der Waals surface area contributed by atoms with Crippen LogP contribution in [-0.4, -0.2) is 17.7 Å². The number of fused-ring (bicyclic) bond motifs is 1. The van der Waals surface area contributed by atoms with Crippen LogP contribution in [0.4, 0.5) is 14.9 Å². The lowest BCUT2D eigenvalue weighted by Crippen LogP contribution is -2.40. The van der Waals surface area contributed by atoms with E-state index in [-0.39, 0.29) is 16.3 Å². The van der Waals surface area contributed by atoms with Crippen LogP contribution in [-0.2, 0) is 4.79 Å². The summed E-state index contributed by atoms with van der Waals surface area (Å²) in [6.07, 6.45) is 0. The van der Waals surface area contributed by atoms with Crippen LogP contribution in [0.25, 0.3) is 0 Å². The quantitative estimate of drug-likeness (QED) is 0.675. The molecule has 1 unspecified atom stereocenters. The number of benzene rings is 1. The molecule has 2 heterocycles.